The van der Waals surface area contributed by atoms with E-state index in [0.717, 1.165) is 19.4 Å². The van der Waals surface area contributed by atoms with Gasteiger partial charge in [0, 0.05) is 19.3 Å². The lowest BCUT2D eigenvalue weighted by Crippen LogP contribution is -2.40. The van der Waals surface area contributed by atoms with Gasteiger partial charge in [0.15, 0.2) is 0 Å². The highest BCUT2D eigenvalue weighted by Crippen LogP contribution is 2.25. The Balaban J connectivity index is 2.18. The summed E-state index contributed by atoms with van der Waals surface area (Å²) in [6, 6.07) is 3.38. The topological polar surface area (TPSA) is 68.7 Å². The average molecular weight is 292 g/mol. The van der Waals surface area contributed by atoms with Crippen molar-refractivity contribution in [2.75, 3.05) is 31.7 Å². The first-order chi connectivity index (χ1) is 10.2. The number of nitrogens with zero attached hydrogens (tertiary/aromatic N) is 2. The molecule has 1 aliphatic heterocycles. The second-order valence-corrected chi connectivity index (χ2v) is 4.90. The molecule has 1 aliphatic rings. The standard InChI is InChI=1S/C15H20N2O4/c1-3-21-14(18)11-6-5-9-17(10-11)13-12(15(19)20-2)7-4-8-16-13/h4,7-8,11H,3,5-6,9-10H2,1-2H3. The highest BCUT2D eigenvalue weighted by Gasteiger charge is 2.29. The lowest BCUT2D eigenvalue weighted by Gasteiger charge is -2.33. The molecule has 1 saturated heterocycles. The Morgan fingerprint density at radius 3 is 3.00 bits per heavy atom. The number of carbonyl (C=O) groups is 2. The van der Waals surface area contributed by atoms with E-state index in [1.807, 2.05) is 4.90 Å². The van der Waals surface area contributed by atoms with Crippen molar-refractivity contribution in [2.45, 2.75) is 19.8 Å². The van der Waals surface area contributed by atoms with E-state index < -0.39 is 5.97 Å². The first-order valence-electron chi connectivity index (χ1n) is 7.12. The monoisotopic (exact) mass is 292 g/mol. The average Bonchev–Trinajstić information content (AvgIpc) is 2.54. The fraction of sp³-hybridized carbons (Fsp3) is 0.533. The molecule has 0 amide bonds. The highest BCUT2D eigenvalue weighted by atomic mass is 16.5. The van der Waals surface area contributed by atoms with Crippen molar-refractivity contribution < 1.29 is 19.1 Å². The van der Waals surface area contributed by atoms with Crippen molar-refractivity contribution in [1.82, 2.24) is 4.98 Å². The van der Waals surface area contributed by atoms with E-state index in [1.54, 1.807) is 25.3 Å². The van der Waals surface area contributed by atoms with Crippen molar-refractivity contribution >= 4 is 17.8 Å². The summed E-state index contributed by atoms with van der Waals surface area (Å²) in [6.07, 6.45) is 3.30. The van der Waals surface area contributed by atoms with Gasteiger partial charge in [-0.25, -0.2) is 9.78 Å². The molecule has 1 unspecified atom stereocenters. The molecule has 21 heavy (non-hydrogen) atoms. The van der Waals surface area contributed by atoms with Gasteiger partial charge in [0.25, 0.3) is 0 Å². The Kier molecular flexibility index (Phi) is 5.14. The quantitative estimate of drug-likeness (QED) is 0.786. The van der Waals surface area contributed by atoms with E-state index in [1.165, 1.54) is 7.11 Å². The maximum atomic E-state index is 11.9. The van der Waals surface area contributed by atoms with Gasteiger partial charge in [-0.2, -0.15) is 0 Å². The molecule has 0 aliphatic carbocycles. The maximum absolute atomic E-state index is 11.9. The number of aromatic nitrogens is 1. The summed E-state index contributed by atoms with van der Waals surface area (Å²) >= 11 is 0. The molecule has 0 spiro atoms. The van der Waals surface area contributed by atoms with Crippen molar-refractivity contribution in [3.05, 3.63) is 23.9 Å². The lowest BCUT2D eigenvalue weighted by molar-refractivity contribution is -0.148. The molecule has 1 aromatic rings. The highest BCUT2D eigenvalue weighted by molar-refractivity contribution is 5.94. The van der Waals surface area contributed by atoms with Crippen molar-refractivity contribution in [3.8, 4) is 0 Å². The van der Waals surface area contributed by atoms with Crippen LogP contribution in [-0.4, -0.2) is 43.7 Å². The number of pyridine rings is 1. The first-order valence-corrected chi connectivity index (χ1v) is 7.12. The first kappa shape index (κ1) is 15.3. The number of rotatable bonds is 4. The SMILES string of the molecule is CCOC(=O)C1CCCN(c2ncccc2C(=O)OC)C1. The molecule has 1 aromatic heterocycles. The van der Waals surface area contributed by atoms with Crippen LogP contribution in [0.1, 0.15) is 30.1 Å². The zero-order valence-corrected chi connectivity index (χ0v) is 12.4. The number of piperidine rings is 1. The van der Waals surface area contributed by atoms with Gasteiger partial charge in [-0.1, -0.05) is 0 Å². The molecule has 0 aromatic carbocycles. The second kappa shape index (κ2) is 7.06. The van der Waals surface area contributed by atoms with Crippen molar-refractivity contribution in [3.63, 3.8) is 0 Å². The Morgan fingerprint density at radius 1 is 1.48 bits per heavy atom. The van der Waals surface area contributed by atoms with Gasteiger partial charge in [-0.15, -0.1) is 0 Å². The van der Waals surface area contributed by atoms with Crippen LogP contribution in [0.3, 0.4) is 0 Å². The Morgan fingerprint density at radius 2 is 2.29 bits per heavy atom. The smallest absolute Gasteiger partial charge is 0.341 e. The largest absolute Gasteiger partial charge is 0.466 e. The summed E-state index contributed by atoms with van der Waals surface area (Å²) in [5, 5.41) is 0. The number of esters is 2. The van der Waals surface area contributed by atoms with Crippen LogP contribution in [0.5, 0.6) is 0 Å². The van der Waals surface area contributed by atoms with E-state index in [2.05, 4.69) is 4.98 Å². The molecule has 0 saturated carbocycles. The molecule has 1 fully saturated rings. The van der Waals surface area contributed by atoms with Gasteiger partial charge in [0.1, 0.15) is 11.4 Å². The number of hydrogen-bond donors (Lipinski definition) is 0. The molecule has 6 nitrogen and oxygen atoms in total. The summed E-state index contributed by atoms with van der Waals surface area (Å²) in [6.45, 7) is 3.45. The summed E-state index contributed by atoms with van der Waals surface area (Å²) in [5.74, 6) is -0.210. The van der Waals surface area contributed by atoms with Gasteiger partial charge in [0.2, 0.25) is 0 Å². The number of methoxy groups -OCH3 is 1. The third-order valence-electron chi connectivity index (χ3n) is 3.53. The molecule has 114 valence electrons. The van der Waals surface area contributed by atoms with Crippen LogP contribution in [0, 0.1) is 5.92 Å². The zero-order valence-electron chi connectivity index (χ0n) is 12.4. The molecule has 0 bridgehead atoms. The molecule has 6 heteroatoms. The van der Waals surface area contributed by atoms with Gasteiger partial charge >= 0.3 is 11.9 Å². The zero-order chi connectivity index (χ0) is 15.2. The lowest BCUT2D eigenvalue weighted by atomic mass is 9.98. The fourth-order valence-electron chi connectivity index (χ4n) is 2.54. The Labute approximate surface area is 124 Å². The molecule has 1 atom stereocenters. The number of anilines is 1. The second-order valence-electron chi connectivity index (χ2n) is 4.90. The molecule has 0 radical (unpaired) electrons. The Bertz CT molecular complexity index is 518. The van der Waals surface area contributed by atoms with Gasteiger partial charge < -0.3 is 14.4 Å². The van der Waals surface area contributed by atoms with E-state index in [9.17, 15) is 9.59 Å². The van der Waals surface area contributed by atoms with Crippen LogP contribution in [0.2, 0.25) is 0 Å². The predicted molar refractivity (Wildman–Crippen MR) is 77.1 cm³/mol. The summed E-state index contributed by atoms with van der Waals surface area (Å²) in [4.78, 5) is 29.9. The number of carbonyl (C=O) groups excluding carboxylic acids is 2. The maximum Gasteiger partial charge on any atom is 0.341 e. The Hall–Kier alpha value is -2.11. The third kappa shape index (κ3) is 3.51. The van der Waals surface area contributed by atoms with E-state index >= 15 is 0 Å². The van der Waals surface area contributed by atoms with E-state index in [-0.39, 0.29) is 11.9 Å². The van der Waals surface area contributed by atoms with Gasteiger partial charge in [-0.3, -0.25) is 4.79 Å². The fourth-order valence-corrected chi connectivity index (χ4v) is 2.54. The van der Waals surface area contributed by atoms with Crippen molar-refractivity contribution in [1.29, 1.82) is 0 Å². The number of hydrogen-bond acceptors (Lipinski definition) is 6. The number of ether oxygens (including phenoxy) is 2. The summed E-state index contributed by atoms with van der Waals surface area (Å²) < 4.78 is 9.87. The van der Waals surface area contributed by atoms with Crippen LogP contribution in [-0.2, 0) is 14.3 Å². The summed E-state index contributed by atoms with van der Waals surface area (Å²) in [5.41, 5.74) is 0.421. The molecule has 2 heterocycles. The van der Waals surface area contributed by atoms with Crippen LogP contribution >= 0.6 is 0 Å². The minimum atomic E-state index is -0.420. The summed E-state index contributed by atoms with van der Waals surface area (Å²) in [7, 11) is 1.34. The minimum absolute atomic E-state index is 0.175. The van der Waals surface area contributed by atoms with Crippen LogP contribution in [0.15, 0.2) is 18.3 Å². The molecular formula is C15H20N2O4. The van der Waals surface area contributed by atoms with Gasteiger partial charge in [0.05, 0.1) is 19.6 Å². The molecule has 2 rings (SSSR count). The minimum Gasteiger partial charge on any atom is -0.466 e. The normalized spacial score (nSPS) is 18.2. The molecule has 0 N–H and O–H groups in total. The van der Waals surface area contributed by atoms with E-state index in [0.29, 0.717) is 24.5 Å². The predicted octanol–water partition coefficient (Wildman–Crippen LogP) is 1.65. The third-order valence-corrected chi connectivity index (χ3v) is 3.53. The van der Waals surface area contributed by atoms with Crippen LogP contribution < -0.4 is 4.90 Å². The van der Waals surface area contributed by atoms with Crippen LogP contribution in [0.4, 0.5) is 5.82 Å². The van der Waals surface area contributed by atoms with E-state index in [4.69, 9.17) is 9.47 Å². The molecular weight excluding hydrogens is 272 g/mol. The van der Waals surface area contributed by atoms with Gasteiger partial charge in [-0.05, 0) is 31.9 Å². The van der Waals surface area contributed by atoms with Crippen LogP contribution in [0.25, 0.3) is 0 Å². The van der Waals surface area contributed by atoms with Crippen molar-refractivity contribution in [2.24, 2.45) is 5.92 Å².